The standard InChI is InChI=1S/C49H57N3O4/c1-25-9-10-30-21-35-26(2)19-31-12-14-38-32-20-33-24-52(38)44(31)42(35)34-15-16-47-40(22-29-11-13-37(33)51(23-32)27(29)3)55-46(54)48(47,43(30)34)39(18-25)49(47)36-8-4-6-28(7-5-17-50)41(36)45(53)56-49/h4,6,8-10,12,14,22,25-27,29-30,32-33,35,37-39,42H,5,7,11,13,15-21,23-24,50H2,1-3H3. The van der Waals surface area contributed by atoms with E-state index in [1.54, 1.807) is 16.8 Å². The summed E-state index contributed by atoms with van der Waals surface area (Å²) in [7, 11) is 0. The first kappa shape index (κ1) is 33.5. The van der Waals surface area contributed by atoms with Crippen LogP contribution >= 0.6 is 0 Å². The highest BCUT2D eigenvalue weighted by molar-refractivity contribution is 6.00. The molecule has 5 aliphatic carbocycles. The predicted octanol–water partition coefficient (Wildman–Crippen LogP) is 7.59. The minimum absolute atomic E-state index is 0.0590. The fraction of sp³-hybridized carbons (Fsp3) is 0.633. The molecule has 3 spiro atoms. The number of allylic oxidation sites excluding steroid dienone is 5. The molecule has 1 aromatic rings. The van der Waals surface area contributed by atoms with Gasteiger partial charge in [-0.1, -0.05) is 61.9 Å². The second kappa shape index (κ2) is 11.0. The molecule has 13 aliphatic rings. The Bertz CT molecular complexity index is 2180. The van der Waals surface area contributed by atoms with Crippen LogP contribution < -0.4 is 5.73 Å². The molecule has 10 bridgehead atoms. The molecule has 5 fully saturated rings. The van der Waals surface area contributed by atoms with Crippen molar-refractivity contribution in [2.75, 3.05) is 19.6 Å². The maximum Gasteiger partial charge on any atom is 0.339 e. The molecule has 292 valence electrons. The van der Waals surface area contributed by atoms with Gasteiger partial charge >= 0.3 is 11.9 Å². The van der Waals surface area contributed by atoms with Crippen molar-refractivity contribution >= 4 is 11.9 Å². The van der Waals surface area contributed by atoms with Gasteiger partial charge in [0.05, 0.1) is 17.0 Å². The summed E-state index contributed by atoms with van der Waals surface area (Å²) in [5.41, 5.74) is 12.3. The summed E-state index contributed by atoms with van der Waals surface area (Å²) < 4.78 is 14.2. The number of aryl methyl sites for hydroxylation is 1. The highest BCUT2D eigenvalue weighted by Crippen LogP contribution is 2.88. The Balaban J connectivity index is 1.13. The van der Waals surface area contributed by atoms with E-state index in [1.807, 2.05) is 0 Å². The van der Waals surface area contributed by atoms with Crippen molar-refractivity contribution < 1.29 is 19.1 Å². The molecule has 7 nitrogen and oxygen atoms in total. The van der Waals surface area contributed by atoms with Gasteiger partial charge in [-0.25, -0.2) is 4.79 Å². The summed E-state index contributed by atoms with van der Waals surface area (Å²) in [6.07, 6.45) is 22.4. The van der Waals surface area contributed by atoms with E-state index in [4.69, 9.17) is 15.2 Å². The van der Waals surface area contributed by atoms with Gasteiger partial charge in [-0.05, 0) is 142 Å². The van der Waals surface area contributed by atoms with Crippen molar-refractivity contribution in [3.63, 3.8) is 0 Å². The molecule has 0 radical (unpaired) electrons. The highest BCUT2D eigenvalue weighted by Gasteiger charge is 2.93. The Morgan fingerprint density at radius 1 is 1.00 bits per heavy atom. The molecular formula is C49H57N3O4. The van der Waals surface area contributed by atoms with Crippen molar-refractivity contribution in [3.8, 4) is 0 Å². The molecule has 1 saturated carbocycles. The number of esters is 2. The number of nitrogens with two attached hydrogens (primary N) is 1. The largest absolute Gasteiger partial charge is 0.449 e. The van der Waals surface area contributed by atoms with Gasteiger partial charge in [0.25, 0.3) is 0 Å². The molecule has 16 atom stereocenters. The normalized spacial score (nSPS) is 49.1. The highest BCUT2D eigenvalue weighted by atomic mass is 16.6. The number of rotatable bonds is 3. The quantitative estimate of drug-likeness (QED) is 0.252. The van der Waals surface area contributed by atoms with Crippen molar-refractivity contribution in [3.05, 3.63) is 93.4 Å². The van der Waals surface area contributed by atoms with Crippen LogP contribution in [0.2, 0.25) is 0 Å². The van der Waals surface area contributed by atoms with Crippen LogP contribution in [0.4, 0.5) is 0 Å². The summed E-state index contributed by atoms with van der Waals surface area (Å²) >= 11 is 0. The molecule has 7 heteroatoms. The number of carbonyl (C=O) groups excluding carboxylic acids is 2. The minimum Gasteiger partial charge on any atom is -0.449 e. The molecule has 8 heterocycles. The Hall–Kier alpha value is -3.42. The van der Waals surface area contributed by atoms with Crippen LogP contribution in [0.25, 0.3) is 0 Å². The van der Waals surface area contributed by atoms with Gasteiger partial charge < -0.3 is 20.1 Å². The predicted molar refractivity (Wildman–Crippen MR) is 212 cm³/mol. The van der Waals surface area contributed by atoms with Crippen LogP contribution in [0, 0.1) is 64.1 Å². The van der Waals surface area contributed by atoms with Crippen molar-refractivity contribution in [2.24, 2.45) is 69.8 Å². The molecule has 4 saturated heterocycles. The summed E-state index contributed by atoms with van der Waals surface area (Å²) in [5, 5.41) is 0. The lowest BCUT2D eigenvalue weighted by atomic mass is 9.27. The number of hydrogen-bond acceptors (Lipinski definition) is 7. The van der Waals surface area contributed by atoms with E-state index in [1.165, 1.54) is 18.4 Å². The summed E-state index contributed by atoms with van der Waals surface area (Å²) in [6.45, 7) is 10.2. The first-order valence-corrected chi connectivity index (χ1v) is 22.6. The van der Waals surface area contributed by atoms with E-state index >= 15 is 4.79 Å². The van der Waals surface area contributed by atoms with Gasteiger partial charge in [-0.15, -0.1) is 0 Å². The summed E-state index contributed by atoms with van der Waals surface area (Å²) in [5.74, 6) is 3.74. The molecule has 14 rings (SSSR count). The summed E-state index contributed by atoms with van der Waals surface area (Å²) in [4.78, 5) is 36.3. The van der Waals surface area contributed by atoms with Crippen LogP contribution in [-0.2, 0) is 26.3 Å². The van der Waals surface area contributed by atoms with E-state index in [-0.39, 0.29) is 35.6 Å². The van der Waals surface area contributed by atoms with E-state index in [2.05, 4.69) is 79.2 Å². The molecule has 1 aromatic carbocycles. The van der Waals surface area contributed by atoms with Gasteiger partial charge in [0.2, 0.25) is 0 Å². The first-order chi connectivity index (χ1) is 27.2. The van der Waals surface area contributed by atoms with Gasteiger partial charge in [0.15, 0.2) is 5.60 Å². The zero-order valence-corrected chi connectivity index (χ0v) is 33.3. The van der Waals surface area contributed by atoms with Gasteiger partial charge in [-0.3, -0.25) is 9.69 Å². The number of fused-ring (bicyclic) bond motifs is 4. The van der Waals surface area contributed by atoms with Crippen molar-refractivity contribution in [1.82, 2.24) is 9.80 Å². The smallest absolute Gasteiger partial charge is 0.339 e. The Morgan fingerprint density at radius 2 is 1.89 bits per heavy atom. The second-order valence-corrected chi connectivity index (χ2v) is 20.7. The van der Waals surface area contributed by atoms with Gasteiger partial charge in [0.1, 0.15) is 11.2 Å². The molecular weight excluding hydrogens is 695 g/mol. The lowest BCUT2D eigenvalue weighted by Crippen LogP contribution is -2.78. The topological polar surface area (TPSA) is 85.1 Å². The maximum atomic E-state index is 15.8. The molecule has 0 amide bonds. The second-order valence-electron chi connectivity index (χ2n) is 20.7. The first-order valence-electron chi connectivity index (χ1n) is 22.6. The van der Waals surface area contributed by atoms with Crippen molar-refractivity contribution in [2.45, 2.75) is 109 Å². The van der Waals surface area contributed by atoms with Crippen LogP contribution in [0.15, 0.2) is 76.8 Å². The molecule has 8 aliphatic heterocycles. The van der Waals surface area contributed by atoms with Crippen molar-refractivity contribution in [1.29, 1.82) is 0 Å². The molecule has 16 unspecified atom stereocenters. The lowest BCUT2D eigenvalue weighted by Gasteiger charge is -2.73. The van der Waals surface area contributed by atoms with Crippen LogP contribution in [-0.4, -0.2) is 59.5 Å². The number of nitrogens with zero attached hydrogens (tertiary/aromatic N) is 2. The number of benzene rings is 1. The SMILES string of the molecule is CC1C=CC2CC3C(C)CC4=C5C3C3=C2C26C(=O)OC(=CC7CCC8C9CC(CN8C7C)C(C=C4)N5C9)C2(CC3)C2(OC(=O)c3c(CCCN)cccc32)C6C1. The van der Waals surface area contributed by atoms with E-state index < -0.39 is 16.4 Å². The van der Waals surface area contributed by atoms with Crippen LogP contribution in [0.3, 0.4) is 0 Å². The number of piperidine rings is 3. The van der Waals surface area contributed by atoms with Crippen LogP contribution in [0.1, 0.15) is 100 Å². The Morgan fingerprint density at radius 3 is 2.77 bits per heavy atom. The monoisotopic (exact) mass is 751 g/mol. The average molecular weight is 752 g/mol. The minimum atomic E-state index is -0.964. The third-order valence-corrected chi connectivity index (χ3v) is 18.7. The molecule has 0 aromatic heterocycles. The van der Waals surface area contributed by atoms with E-state index in [9.17, 15) is 4.79 Å². The summed E-state index contributed by atoms with van der Waals surface area (Å²) in [6, 6.07) is 7.80. The maximum absolute atomic E-state index is 15.8. The van der Waals surface area contributed by atoms with E-state index in [0.717, 1.165) is 86.9 Å². The third kappa shape index (κ3) is 3.57. The van der Waals surface area contributed by atoms with Gasteiger partial charge in [0, 0.05) is 48.3 Å². The number of hydrogen-bond donors (Lipinski definition) is 1. The zero-order chi connectivity index (χ0) is 37.6. The van der Waals surface area contributed by atoms with Crippen LogP contribution in [0.5, 0.6) is 0 Å². The van der Waals surface area contributed by atoms with Gasteiger partial charge in [-0.2, -0.15) is 0 Å². The molecule has 2 N–H and O–H groups in total. The fourth-order valence-electron chi connectivity index (χ4n) is 16.9. The lowest BCUT2D eigenvalue weighted by molar-refractivity contribution is -0.280. The van der Waals surface area contributed by atoms with E-state index in [0.29, 0.717) is 54.3 Å². The Labute approximate surface area is 331 Å². The fourth-order valence-corrected chi connectivity index (χ4v) is 16.9. The number of carbonyl (C=O) groups is 2. The average Bonchev–Trinajstić information content (AvgIpc) is 3.63. The molecule has 56 heavy (non-hydrogen) atoms. The third-order valence-electron chi connectivity index (χ3n) is 18.7. The Kier molecular flexibility index (Phi) is 6.58. The zero-order valence-electron chi connectivity index (χ0n) is 33.3. The number of ether oxygens (including phenoxy) is 2.